The van der Waals surface area contributed by atoms with Gasteiger partial charge in [0.2, 0.25) is 0 Å². The van der Waals surface area contributed by atoms with Crippen molar-refractivity contribution >= 4 is 5.97 Å². The summed E-state index contributed by atoms with van der Waals surface area (Å²) in [6, 6.07) is -0.556. The molecule has 1 saturated carbocycles. The van der Waals surface area contributed by atoms with Crippen LogP contribution in [0.1, 0.15) is 33.1 Å². The number of carbonyl (C=O) groups is 1. The summed E-state index contributed by atoms with van der Waals surface area (Å²) in [4.78, 5) is 10.8. The molecule has 14 heavy (non-hydrogen) atoms. The number of aliphatic hydroxyl groups is 1. The van der Waals surface area contributed by atoms with Crippen LogP contribution in [0.4, 0.5) is 0 Å². The van der Waals surface area contributed by atoms with Gasteiger partial charge in [-0.2, -0.15) is 0 Å². The largest absolute Gasteiger partial charge is 0.480 e. The maximum absolute atomic E-state index is 10.8. The molecule has 0 bridgehead atoms. The molecule has 0 aromatic heterocycles. The summed E-state index contributed by atoms with van der Waals surface area (Å²) >= 11 is 0. The molecule has 0 aliphatic heterocycles. The lowest BCUT2D eigenvalue weighted by Gasteiger charge is -2.37. The van der Waals surface area contributed by atoms with Gasteiger partial charge in [0.05, 0.1) is 5.60 Å². The first-order valence-electron chi connectivity index (χ1n) is 5.13. The van der Waals surface area contributed by atoms with Crippen LogP contribution in [-0.2, 0) is 4.79 Å². The van der Waals surface area contributed by atoms with Crippen molar-refractivity contribution in [2.45, 2.75) is 44.8 Å². The van der Waals surface area contributed by atoms with Crippen LogP contribution in [0.3, 0.4) is 0 Å². The van der Waals surface area contributed by atoms with Crippen LogP contribution in [0, 0.1) is 5.92 Å². The Morgan fingerprint density at radius 2 is 2.07 bits per heavy atom. The second kappa shape index (κ2) is 4.28. The minimum absolute atomic E-state index is 0.0381. The fourth-order valence-corrected chi connectivity index (χ4v) is 1.67. The molecule has 82 valence electrons. The Balaban J connectivity index is 2.36. The van der Waals surface area contributed by atoms with Gasteiger partial charge in [0.1, 0.15) is 6.04 Å². The molecule has 1 rings (SSSR count). The molecule has 4 nitrogen and oxygen atoms in total. The van der Waals surface area contributed by atoms with E-state index < -0.39 is 17.6 Å². The van der Waals surface area contributed by atoms with Crippen LogP contribution < -0.4 is 5.32 Å². The van der Waals surface area contributed by atoms with Gasteiger partial charge in [-0.25, -0.2) is 0 Å². The van der Waals surface area contributed by atoms with Gasteiger partial charge in [-0.15, -0.1) is 0 Å². The fraction of sp³-hybridized carbons (Fsp3) is 0.900. The lowest BCUT2D eigenvalue weighted by Crippen LogP contribution is -2.52. The van der Waals surface area contributed by atoms with Crippen molar-refractivity contribution in [3.8, 4) is 0 Å². The van der Waals surface area contributed by atoms with Gasteiger partial charge in [0, 0.05) is 6.54 Å². The average molecular weight is 201 g/mol. The lowest BCUT2D eigenvalue weighted by molar-refractivity contribution is -0.141. The summed E-state index contributed by atoms with van der Waals surface area (Å²) in [5.74, 6) is -0.806. The van der Waals surface area contributed by atoms with Gasteiger partial charge in [-0.1, -0.05) is 13.8 Å². The third-order valence-electron chi connectivity index (χ3n) is 2.87. The van der Waals surface area contributed by atoms with Gasteiger partial charge in [0.25, 0.3) is 0 Å². The van der Waals surface area contributed by atoms with Crippen molar-refractivity contribution in [2.75, 3.05) is 6.54 Å². The minimum Gasteiger partial charge on any atom is -0.480 e. The van der Waals surface area contributed by atoms with Gasteiger partial charge >= 0.3 is 5.97 Å². The van der Waals surface area contributed by atoms with Crippen LogP contribution >= 0.6 is 0 Å². The number of carboxylic acids is 1. The first-order chi connectivity index (χ1) is 6.44. The first-order valence-corrected chi connectivity index (χ1v) is 5.13. The highest BCUT2D eigenvalue weighted by molar-refractivity contribution is 5.73. The van der Waals surface area contributed by atoms with Crippen LogP contribution in [-0.4, -0.2) is 34.4 Å². The summed E-state index contributed by atoms with van der Waals surface area (Å²) < 4.78 is 0. The van der Waals surface area contributed by atoms with E-state index in [1.54, 1.807) is 0 Å². The molecule has 0 saturated heterocycles. The second-order valence-electron chi connectivity index (χ2n) is 4.52. The quantitative estimate of drug-likeness (QED) is 0.609. The molecule has 0 amide bonds. The van der Waals surface area contributed by atoms with Crippen molar-refractivity contribution in [1.29, 1.82) is 0 Å². The predicted octanol–water partition coefficient (Wildman–Crippen LogP) is 0.600. The molecule has 0 heterocycles. The van der Waals surface area contributed by atoms with Crippen molar-refractivity contribution in [1.82, 2.24) is 5.32 Å². The van der Waals surface area contributed by atoms with Crippen molar-refractivity contribution < 1.29 is 15.0 Å². The number of rotatable bonds is 5. The van der Waals surface area contributed by atoms with E-state index in [0.29, 0.717) is 6.54 Å². The summed E-state index contributed by atoms with van der Waals surface area (Å²) in [5.41, 5.74) is -0.650. The number of aliphatic carboxylic acids is 1. The third kappa shape index (κ3) is 2.69. The molecular weight excluding hydrogens is 182 g/mol. The topological polar surface area (TPSA) is 69.6 Å². The Labute approximate surface area is 84.3 Å². The van der Waals surface area contributed by atoms with Crippen molar-refractivity contribution in [3.63, 3.8) is 0 Å². The zero-order chi connectivity index (χ0) is 10.8. The number of hydrogen-bond donors (Lipinski definition) is 3. The number of carboxylic acid groups (broad SMARTS) is 1. The molecule has 0 spiro atoms. The molecule has 4 heteroatoms. The summed E-state index contributed by atoms with van der Waals surface area (Å²) in [7, 11) is 0. The van der Waals surface area contributed by atoms with E-state index in [1.165, 1.54) is 0 Å². The molecule has 1 fully saturated rings. The Hall–Kier alpha value is -0.610. The van der Waals surface area contributed by atoms with Crippen LogP contribution in [0.2, 0.25) is 0 Å². The number of hydrogen-bond acceptors (Lipinski definition) is 3. The van der Waals surface area contributed by atoms with Crippen LogP contribution in [0.25, 0.3) is 0 Å². The summed E-state index contributed by atoms with van der Waals surface area (Å²) in [5, 5.41) is 21.6. The monoisotopic (exact) mass is 201 g/mol. The van der Waals surface area contributed by atoms with Gasteiger partial charge in [0.15, 0.2) is 0 Å². The predicted molar refractivity (Wildman–Crippen MR) is 53.1 cm³/mol. The third-order valence-corrected chi connectivity index (χ3v) is 2.87. The molecule has 1 aliphatic carbocycles. The molecule has 1 aliphatic rings. The molecule has 3 N–H and O–H groups in total. The van der Waals surface area contributed by atoms with E-state index in [9.17, 15) is 9.90 Å². The van der Waals surface area contributed by atoms with Crippen molar-refractivity contribution in [3.05, 3.63) is 0 Å². The van der Waals surface area contributed by atoms with Crippen molar-refractivity contribution in [2.24, 2.45) is 5.92 Å². The normalized spacial score (nSPS) is 21.7. The minimum atomic E-state index is -0.845. The molecule has 0 aromatic rings. The Morgan fingerprint density at radius 1 is 1.50 bits per heavy atom. The molecule has 1 unspecified atom stereocenters. The Morgan fingerprint density at radius 3 is 2.36 bits per heavy atom. The summed E-state index contributed by atoms with van der Waals surface area (Å²) in [6.07, 6.45) is 2.60. The van der Waals surface area contributed by atoms with Crippen LogP contribution in [0.15, 0.2) is 0 Å². The molecular formula is C10H19NO3. The Bertz CT molecular complexity index is 211. The maximum atomic E-state index is 10.8. The van der Waals surface area contributed by atoms with Gasteiger partial charge in [-0.05, 0) is 25.2 Å². The summed E-state index contributed by atoms with van der Waals surface area (Å²) in [6.45, 7) is 4.11. The van der Waals surface area contributed by atoms with E-state index in [4.69, 9.17) is 5.11 Å². The Kier molecular flexibility index (Phi) is 3.50. The number of nitrogens with one attached hydrogen (secondary N) is 1. The highest BCUT2D eigenvalue weighted by Crippen LogP contribution is 2.30. The fourth-order valence-electron chi connectivity index (χ4n) is 1.67. The van der Waals surface area contributed by atoms with Gasteiger partial charge in [-0.3, -0.25) is 4.79 Å². The van der Waals surface area contributed by atoms with Crippen LogP contribution in [0.5, 0.6) is 0 Å². The zero-order valence-electron chi connectivity index (χ0n) is 8.79. The van der Waals surface area contributed by atoms with E-state index in [-0.39, 0.29) is 5.92 Å². The smallest absolute Gasteiger partial charge is 0.320 e. The van der Waals surface area contributed by atoms with E-state index in [1.807, 2.05) is 13.8 Å². The zero-order valence-corrected chi connectivity index (χ0v) is 8.79. The molecule has 0 radical (unpaired) electrons. The second-order valence-corrected chi connectivity index (χ2v) is 4.52. The first kappa shape index (κ1) is 11.5. The standard InChI is InChI=1S/C10H19NO3/c1-7(2)8(9(12)13)11-6-10(14)4-3-5-10/h7-8,11,14H,3-6H2,1-2H3,(H,12,13). The van der Waals surface area contributed by atoms with Gasteiger partial charge < -0.3 is 15.5 Å². The molecule has 1 atom stereocenters. The van der Waals surface area contributed by atoms with E-state index in [0.717, 1.165) is 19.3 Å². The van der Waals surface area contributed by atoms with E-state index in [2.05, 4.69) is 5.32 Å². The van der Waals surface area contributed by atoms with E-state index >= 15 is 0 Å². The SMILES string of the molecule is CC(C)C(NCC1(O)CCC1)C(=O)O. The highest BCUT2D eigenvalue weighted by Gasteiger charge is 2.35. The lowest BCUT2D eigenvalue weighted by atomic mass is 9.80. The average Bonchev–Trinajstić information content (AvgIpc) is 2.00. The molecule has 0 aromatic carbocycles. The maximum Gasteiger partial charge on any atom is 0.320 e. The highest BCUT2D eigenvalue weighted by atomic mass is 16.4.